The predicted molar refractivity (Wildman–Crippen MR) is 73.3 cm³/mol. The van der Waals surface area contributed by atoms with Crippen LogP contribution in [-0.4, -0.2) is 25.0 Å². The quantitative estimate of drug-likeness (QED) is 0.801. The van der Waals surface area contributed by atoms with Crippen molar-refractivity contribution in [2.24, 2.45) is 0 Å². The fourth-order valence-corrected chi connectivity index (χ4v) is 2.80. The summed E-state index contributed by atoms with van der Waals surface area (Å²) in [7, 11) is 6.72. The molecule has 102 valence electrons. The second-order valence-corrected chi connectivity index (χ2v) is 5.13. The van der Waals surface area contributed by atoms with E-state index in [4.69, 9.17) is 20.2 Å². The lowest BCUT2D eigenvalue weighted by Gasteiger charge is -2.21. The summed E-state index contributed by atoms with van der Waals surface area (Å²) in [6, 6.07) is 1.61. The monoisotopic (exact) mass is 300 g/mol. The Balaban J connectivity index is 2.61. The molecule has 4 nitrogen and oxygen atoms in total. The van der Waals surface area contributed by atoms with Gasteiger partial charge in [-0.05, 0) is 47.1 Å². The Kier molecular flexibility index (Phi) is 4.37. The number of halogens is 1. The zero-order valence-corrected chi connectivity index (χ0v) is 12.2. The predicted octanol–water partition coefficient (Wildman–Crippen LogP) is 3.38. The smallest absolute Gasteiger partial charge is 0.338 e. The molecule has 1 aliphatic heterocycles. The SMILES string of the molecule is CCOC(=O)c1cc(SCl)c2c(c1C)C(=O)CCO2. The summed E-state index contributed by atoms with van der Waals surface area (Å²) in [4.78, 5) is 24.5. The lowest BCUT2D eigenvalue weighted by atomic mass is 9.95. The van der Waals surface area contributed by atoms with E-state index in [1.807, 2.05) is 0 Å². The van der Waals surface area contributed by atoms with E-state index >= 15 is 0 Å². The van der Waals surface area contributed by atoms with Crippen LogP contribution in [0.15, 0.2) is 11.0 Å². The number of benzene rings is 1. The number of hydrogen-bond donors (Lipinski definition) is 0. The summed E-state index contributed by atoms with van der Waals surface area (Å²) in [6.45, 7) is 4.08. The van der Waals surface area contributed by atoms with Crippen LogP contribution in [-0.2, 0) is 4.74 Å². The number of carbonyl (C=O) groups excluding carboxylic acids is 2. The number of rotatable bonds is 3. The van der Waals surface area contributed by atoms with Crippen LogP contribution in [0.25, 0.3) is 0 Å². The topological polar surface area (TPSA) is 52.6 Å². The lowest BCUT2D eigenvalue weighted by Crippen LogP contribution is -2.19. The van der Waals surface area contributed by atoms with Crippen LogP contribution in [0.4, 0.5) is 0 Å². The summed E-state index contributed by atoms with van der Waals surface area (Å²) >= 11 is 0. The number of fused-ring (bicyclic) bond motifs is 1. The van der Waals surface area contributed by atoms with Crippen molar-refractivity contribution in [3.05, 3.63) is 22.8 Å². The molecule has 6 heteroatoms. The first-order chi connectivity index (χ1) is 9.10. The van der Waals surface area contributed by atoms with Crippen LogP contribution < -0.4 is 4.74 Å². The fourth-order valence-electron chi connectivity index (χ4n) is 2.06. The molecule has 0 saturated heterocycles. The zero-order chi connectivity index (χ0) is 14.0. The highest BCUT2D eigenvalue weighted by Gasteiger charge is 2.28. The van der Waals surface area contributed by atoms with Crippen molar-refractivity contribution < 1.29 is 19.1 Å². The minimum absolute atomic E-state index is 0.0307. The molecule has 0 N–H and O–H groups in total. The molecule has 0 atom stereocenters. The highest BCUT2D eigenvalue weighted by Crippen LogP contribution is 2.40. The normalized spacial score (nSPS) is 13.7. The molecule has 0 saturated carbocycles. The third kappa shape index (κ3) is 2.58. The van der Waals surface area contributed by atoms with E-state index in [1.165, 1.54) is 0 Å². The van der Waals surface area contributed by atoms with Crippen molar-refractivity contribution in [3.63, 3.8) is 0 Å². The van der Waals surface area contributed by atoms with Gasteiger partial charge in [-0.2, -0.15) is 0 Å². The van der Waals surface area contributed by atoms with Gasteiger partial charge >= 0.3 is 5.97 Å². The Morgan fingerprint density at radius 1 is 1.58 bits per heavy atom. The van der Waals surface area contributed by atoms with E-state index in [0.717, 1.165) is 11.0 Å². The van der Waals surface area contributed by atoms with Gasteiger partial charge in [0.25, 0.3) is 0 Å². The average molecular weight is 301 g/mol. The summed E-state index contributed by atoms with van der Waals surface area (Å²) in [5.74, 6) is -0.00759. The molecule has 1 aliphatic rings. The molecule has 0 aliphatic carbocycles. The van der Waals surface area contributed by atoms with Gasteiger partial charge in [0, 0.05) is 6.42 Å². The molecule has 0 unspecified atom stereocenters. The number of carbonyl (C=O) groups is 2. The number of ether oxygens (including phenoxy) is 2. The minimum atomic E-state index is -0.451. The summed E-state index contributed by atoms with van der Waals surface area (Å²) in [5.41, 5.74) is 1.40. The second-order valence-electron chi connectivity index (χ2n) is 4.07. The van der Waals surface area contributed by atoms with Crippen LogP contribution in [0.1, 0.15) is 39.6 Å². The van der Waals surface area contributed by atoms with Gasteiger partial charge < -0.3 is 9.47 Å². The Morgan fingerprint density at radius 3 is 2.95 bits per heavy atom. The molecule has 0 aromatic heterocycles. The standard InChI is InChI=1S/C13H13ClO4S/c1-3-17-13(16)8-6-10(19-14)12-11(7(8)2)9(15)4-5-18-12/h6H,3-5H2,1-2H3. The Bertz CT molecular complexity index is 542. The van der Waals surface area contributed by atoms with Crippen molar-refractivity contribution in [2.45, 2.75) is 25.2 Å². The minimum Gasteiger partial charge on any atom is -0.491 e. The van der Waals surface area contributed by atoms with Crippen molar-refractivity contribution in [1.82, 2.24) is 0 Å². The van der Waals surface area contributed by atoms with Crippen LogP contribution >= 0.6 is 21.7 Å². The average Bonchev–Trinajstić information content (AvgIpc) is 2.39. The third-order valence-electron chi connectivity index (χ3n) is 2.94. The summed E-state index contributed by atoms with van der Waals surface area (Å²) in [5, 5.41) is 0. The molecule has 19 heavy (non-hydrogen) atoms. The van der Waals surface area contributed by atoms with Gasteiger partial charge in [-0.3, -0.25) is 4.79 Å². The third-order valence-corrected chi connectivity index (χ3v) is 3.91. The Labute approximate surface area is 119 Å². The first-order valence-corrected chi connectivity index (χ1v) is 7.53. The largest absolute Gasteiger partial charge is 0.491 e. The maximum atomic E-state index is 12.0. The molecular weight excluding hydrogens is 288 g/mol. The molecule has 1 aromatic rings. The molecule has 0 radical (unpaired) electrons. The van der Waals surface area contributed by atoms with E-state index in [1.54, 1.807) is 19.9 Å². The van der Waals surface area contributed by atoms with E-state index in [2.05, 4.69) is 0 Å². The molecule has 0 bridgehead atoms. The summed E-state index contributed by atoms with van der Waals surface area (Å²) in [6.07, 6.45) is 0.312. The van der Waals surface area contributed by atoms with Crippen LogP contribution in [0.5, 0.6) is 5.75 Å². The van der Waals surface area contributed by atoms with Gasteiger partial charge in [0.15, 0.2) is 5.78 Å². The van der Waals surface area contributed by atoms with Gasteiger partial charge in [-0.25, -0.2) is 4.79 Å². The van der Waals surface area contributed by atoms with Crippen LogP contribution in [0.3, 0.4) is 0 Å². The van der Waals surface area contributed by atoms with Crippen molar-refractivity contribution >= 4 is 33.4 Å². The molecular formula is C13H13ClO4S. The van der Waals surface area contributed by atoms with Crippen molar-refractivity contribution in [3.8, 4) is 5.75 Å². The van der Waals surface area contributed by atoms with Gasteiger partial charge in [-0.1, -0.05) is 0 Å². The molecule has 1 aromatic carbocycles. The number of Topliss-reactive ketones (excluding diaryl/α,β-unsaturated/α-hetero) is 1. The zero-order valence-electron chi connectivity index (χ0n) is 10.6. The van der Waals surface area contributed by atoms with Gasteiger partial charge in [-0.15, -0.1) is 0 Å². The number of esters is 1. The van der Waals surface area contributed by atoms with Crippen molar-refractivity contribution in [2.75, 3.05) is 13.2 Å². The number of ketones is 1. The van der Waals surface area contributed by atoms with Crippen LogP contribution in [0, 0.1) is 6.92 Å². The van der Waals surface area contributed by atoms with Crippen molar-refractivity contribution in [1.29, 1.82) is 0 Å². The summed E-state index contributed by atoms with van der Waals surface area (Å²) < 4.78 is 10.5. The number of hydrogen-bond acceptors (Lipinski definition) is 5. The Hall–Kier alpha value is -1.20. The van der Waals surface area contributed by atoms with E-state index < -0.39 is 5.97 Å². The highest BCUT2D eigenvalue weighted by atomic mass is 35.7. The lowest BCUT2D eigenvalue weighted by molar-refractivity contribution is 0.0525. The van der Waals surface area contributed by atoms with E-state index in [9.17, 15) is 9.59 Å². The van der Waals surface area contributed by atoms with E-state index in [-0.39, 0.29) is 12.4 Å². The second kappa shape index (κ2) is 5.84. The van der Waals surface area contributed by atoms with Gasteiger partial charge in [0.05, 0.1) is 29.2 Å². The van der Waals surface area contributed by atoms with Gasteiger partial charge in [0.2, 0.25) is 0 Å². The first kappa shape index (κ1) is 14.2. The van der Waals surface area contributed by atoms with Crippen LogP contribution in [0.2, 0.25) is 0 Å². The molecule has 2 rings (SSSR count). The molecule has 1 heterocycles. The molecule has 0 spiro atoms. The van der Waals surface area contributed by atoms with E-state index in [0.29, 0.717) is 40.4 Å². The fraction of sp³-hybridized carbons (Fsp3) is 0.385. The Morgan fingerprint density at radius 2 is 2.32 bits per heavy atom. The molecule has 0 fully saturated rings. The van der Waals surface area contributed by atoms with Gasteiger partial charge in [0.1, 0.15) is 5.75 Å². The first-order valence-electron chi connectivity index (χ1n) is 5.89. The maximum Gasteiger partial charge on any atom is 0.338 e. The highest BCUT2D eigenvalue weighted by molar-refractivity contribution is 8.21. The molecule has 0 amide bonds. The maximum absolute atomic E-state index is 12.0.